The largest absolute Gasteiger partial charge is 0.452 e. The molecule has 1 aromatic rings. The van der Waals surface area contributed by atoms with Crippen molar-refractivity contribution in [2.45, 2.75) is 63.1 Å². The van der Waals surface area contributed by atoms with Gasteiger partial charge in [0, 0.05) is 25.0 Å². The Labute approximate surface area is 177 Å². The molecule has 8 heteroatoms. The maximum Gasteiger partial charge on any atom is 0.414 e. The molecule has 4 rings (SSSR count). The lowest BCUT2D eigenvalue weighted by Gasteiger charge is -2.41. The number of nitrogens with zero attached hydrogens (tertiary/aromatic N) is 2. The van der Waals surface area contributed by atoms with Crippen molar-refractivity contribution in [3.05, 3.63) is 23.8 Å². The third-order valence-electron chi connectivity index (χ3n) is 6.33. The molecule has 2 atom stereocenters. The summed E-state index contributed by atoms with van der Waals surface area (Å²) in [5, 5.41) is 3.53. The van der Waals surface area contributed by atoms with Crippen LogP contribution in [0.3, 0.4) is 0 Å². The predicted molar refractivity (Wildman–Crippen MR) is 115 cm³/mol. The summed E-state index contributed by atoms with van der Waals surface area (Å²) in [4.78, 5) is 28.7. The second-order valence-corrected chi connectivity index (χ2v) is 8.60. The first-order chi connectivity index (χ1) is 14.5. The normalized spacial score (nSPS) is 22.2. The fourth-order valence-corrected chi connectivity index (χ4v) is 4.07. The number of carbonyl (C=O) groups excluding carboxylic acids is 2. The zero-order valence-electron chi connectivity index (χ0n) is 17.8. The Hall–Kier alpha value is -2.32. The Balaban J connectivity index is 1.64. The molecule has 0 aromatic heterocycles. The summed E-state index contributed by atoms with van der Waals surface area (Å²) >= 11 is 0. The highest BCUT2D eigenvalue weighted by atomic mass is 16.6. The lowest BCUT2D eigenvalue weighted by Crippen LogP contribution is -2.52. The first-order valence-electron chi connectivity index (χ1n) is 10.9. The number of benzene rings is 1. The van der Waals surface area contributed by atoms with E-state index >= 15 is 0 Å². The standard InChI is InChI=1S/C22H32N4O4/c1-14-13-25(21(27)30-18-4-3-5-18)20-10-15(16(11-23)12-24-17-7-8-17)6-9-19(20)26(14)22(28)29-2/h6,9-10,14,16-18,24H,3-5,7-8,11-13,23H2,1-2H3/t14-,16?/m0/s1. The predicted octanol–water partition coefficient (Wildman–Crippen LogP) is 2.95. The van der Waals surface area contributed by atoms with E-state index in [0.717, 1.165) is 31.4 Å². The van der Waals surface area contributed by atoms with Crippen LogP contribution in [0.4, 0.5) is 21.0 Å². The highest BCUT2D eigenvalue weighted by molar-refractivity contribution is 6.01. The van der Waals surface area contributed by atoms with E-state index < -0.39 is 6.09 Å². The number of carbonyl (C=O) groups is 2. The number of hydrogen-bond acceptors (Lipinski definition) is 6. The van der Waals surface area contributed by atoms with Gasteiger partial charge in [0.05, 0.1) is 31.1 Å². The van der Waals surface area contributed by atoms with Gasteiger partial charge in [-0.2, -0.15) is 0 Å². The van der Waals surface area contributed by atoms with Crippen LogP contribution >= 0.6 is 0 Å². The highest BCUT2D eigenvalue weighted by Gasteiger charge is 2.38. The van der Waals surface area contributed by atoms with Crippen LogP contribution in [0.25, 0.3) is 0 Å². The molecule has 1 aliphatic heterocycles. The Morgan fingerprint density at radius 2 is 1.97 bits per heavy atom. The Morgan fingerprint density at radius 1 is 1.20 bits per heavy atom. The molecule has 2 amide bonds. The lowest BCUT2D eigenvalue weighted by molar-refractivity contribution is 0.0569. The molecule has 2 fully saturated rings. The minimum absolute atomic E-state index is 0.00222. The SMILES string of the molecule is COC(=O)N1c2ccc(C(CN)CNC3CC3)cc2N(C(=O)OC2CCC2)C[C@@H]1C. The third kappa shape index (κ3) is 4.25. The smallest absolute Gasteiger partial charge is 0.414 e. The molecule has 1 aromatic carbocycles. The molecule has 164 valence electrons. The summed E-state index contributed by atoms with van der Waals surface area (Å²) in [6.07, 6.45) is 4.57. The Morgan fingerprint density at radius 3 is 2.57 bits per heavy atom. The molecule has 0 saturated heterocycles. The summed E-state index contributed by atoms with van der Waals surface area (Å²) in [5.74, 6) is 0.131. The quantitative estimate of drug-likeness (QED) is 0.740. The molecule has 1 heterocycles. The van der Waals surface area contributed by atoms with Gasteiger partial charge >= 0.3 is 12.2 Å². The minimum atomic E-state index is -0.436. The average molecular weight is 417 g/mol. The maximum absolute atomic E-state index is 13.0. The summed E-state index contributed by atoms with van der Waals surface area (Å²) in [5.41, 5.74) is 8.43. The van der Waals surface area contributed by atoms with Crippen LogP contribution in [0.15, 0.2) is 18.2 Å². The van der Waals surface area contributed by atoms with Gasteiger partial charge < -0.3 is 20.5 Å². The molecular formula is C22H32N4O4. The van der Waals surface area contributed by atoms with Gasteiger partial charge in [-0.05, 0) is 56.7 Å². The molecule has 0 radical (unpaired) electrons. The van der Waals surface area contributed by atoms with E-state index in [1.807, 2.05) is 25.1 Å². The van der Waals surface area contributed by atoms with Crippen molar-refractivity contribution in [2.24, 2.45) is 5.73 Å². The molecule has 3 aliphatic rings. The fourth-order valence-electron chi connectivity index (χ4n) is 4.07. The van der Waals surface area contributed by atoms with Crippen LogP contribution in [-0.4, -0.2) is 57.1 Å². The molecule has 8 nitrogen and oxygen atoms in total. The molecular weight excluding hydrogens is 384 g/mol. The van der Waals surface area contributed by atoms with E-state index in [0.29, 0.717) is 30.5 Å². The van der Waals surface area contributed by atoms with Gasteiger partial charge in [-0.1, -0.05) is 6.07 Å². The zero-order chi connectivity index (χ0) is 21.3. The number of rotatable bonds is 6. The van der Waals surface area contributed by atoms with E-state index in [1.165, 1.54) is 20.0 Å². The van der Waals surface area contributed by atoms with Gasteiger partial charge in [-0.15, -0.1) is 0 Å². The Bertz CT molecular complexity index is 793. The maximum atomic E-state index is 13.0. The Kier molecular flexibility index (Phi) is 6.15. The van der Waals surface area contributed by atoms with Crippen LogP contribution in [0.2, 0.25) is 0 Å². The number of methoxy groups -OCH3 is 1. The van der Waals surface area contributed by atoms with Gasteiger partial charge in [0.1, 0.15) is 6.10 Å². The van der Waals surface area contributed by atoms with Crippen LogP contribution in [0.5, 0.6) is 0 Å². The number of anilines is 2. The van der Waals surface area contributed by atoms with Crippen molar-refractivity contribution in [1.29, 1.82) is 0 Å². The second-order valence-electron chi connectivity index (χ2n) is 8.60. The molecule has 1 unspecified atom stereocenters. The monoisotopic (exact) mass is 416 g/mol. The topological polar surface area (TPSA) is 97.1 Å². The highest BCUT2D eigenvalue weighted by Crippen LogP contribution is 2.39. The molecule has 3 N–H and O–H groups in total. The van der Waals surface area contributed by atoms with Gasteiger partial charge in [-0.25, -0.2) is 9.59 Å². The molecule has 30 heavy (non-hydrogen) atoms. The van der Waals surface area contributed by atoms with Crippen molar-refractivity contribution in [1.82, 2.24) is 5.32 Å². The first kappa shape index (κ1) is 20.9. The van der Waals surface area contributed by atoms with E-state index in [1.54, 1.807) is 9.80 Å². The number of hydrogen-bond donors (Lipinski definition) is 2. The summed E-state index contributed by atoms with van der Waals surface area (Å²) in [7, 11) is 1.37. The zero-order valence-corrected chi connectivity index (χ0v) is 17.8. The number of fused-ring (bicyclic) bond motifs is 1. The van der Waals surface area contributed by atoms with Crippen LogP contribution in [-0.2, 0) is 9.47 Å². The molecule has 0 bridgehead atoms. The van der Waals surface area contributed by atoms with Gasteiger partial charge in [0.2, 0.25) is 0 Å². The van der Waals surface area contributed by atoms with Crippen LogP contribution in [0, 0.1) is 0 Å². The van der Waals surface area contributed by atoms with E-state index in [2.05, 4.69) is 5.32 Å². The van der Waals surface area contributed by atoms with E-state index in [-0.39, 0.29) is 24.2 Å². The van der Waals surface area contributed by atoms with Gasteiger partial charge in [0.25, 0.3) is 0 Å². The number of nitrogens with two attached hydrogens (primary N) is 1. The van der Waals surface area contributed by atoms with Gasteiger partial charge in [-0.3, -0.25) is 9.80 Å². The van der Waals surface area contributed by atoms with Crippen molar-refractivity contribution >= 4 is 23.6 Å². The molecule has 2 saturated carbocycles. The fraction of sp³-hybridized carbons (Fsp3) is 0.636. The van der Waals surface area contributed by atoms with Crippen molar-refractivity contribution < 1.29 is 19.1 Å². The minimum Gasteiger partial charge on any atom is -0.452 e. The van der Waals surface area contributed by atoms with Gasteiger partial charge in [0.15, 0.2) is 0 Å². The number of ether oxygens (including phenoxy) is 2. The average Bonchev–Trinajstić information content (AvgIpc) is 3.54. The first-order valence-corrected chi connectivity index (χ1v) is 10.9. The van der Waals surface area contributed by atoms with E-state index in [4.69, 9.17) is 15.2 Å². The number of nitrogens with one attached hydrogen (secondary N) is 1. The summed E-state index contributed by atoms with van der Waals surface area (Å²) in [6.45, 7) is 3.55. The second kappa shape index (κ2) is 8.81. The number of amides is 2. The third-order valence-corrected chi connectivity index (χ3v) is 6.33. The van der Waals surface area contributed by atoms with Crippen LogP contribution in [0.1, 0.15) is 50.5 Å². The van der Waals surface area contributed by atoms with Crippen molar-refractivity contribution in [2.75, 3.05) is 36.5 Å². The molecule has 0 spiro atoms. The molecule has 2 aliphatic carbocycles. The van der Waals surface area contributed by atoms with Crippen molar-refractivity contribution in [3.63, 3.8) is 0 Å². The van der Waals surface area contributed by atoms with Crippen molar-refractivity contribution in [3.8, 4) is 0 Å². The lowest BCUT2D eigenvalue weighted by atomic mass is 9.96. The van der Waals surface area contributed by atoms with E-state index in [9.17, 15) is 9.59 Å². The summed E-state index contributed by atoms with van der Waals surface area (Å²) in [6, 6.07) is 6.23. The van der Waals surface area contributed by atoms with Crippen LogP contribution < -0.4 is 20.9 Å². The summed E-state index contributed by atoms with van der Waals surface area (Å²) < 4.78 is 10.7.